The number of hydrogen-bond donors (Lipinski definition) is 1. The van der Waals surface area contributed by atoms with Gasteiger partial charge in [-0.1, -0.05) is 6.42 Å². The monoisotopic (exact) mass is 387 g/mol. The van der Waals surface area contributed by atoms with E-state index >= 15 is 0 Å². The van der Waals surface area contributed by atoms with Crippen molar-refractivity contribution in [1.29, 1.82) is 0 Å². The molecule has 1 saturated carbocycles. The lowest BCUT2D eigenvalue weighted by Gasteiger charge is -2.30. The van der Waals surface area contributed by atoms with Crippen molar-refractivity contribution >= 4 is 17.7 Å². The van der Waals surface area contributed by atoms with E-state index in [2.05, 4.69) is 10.4 Å². The summed E-state index contributed by atoms with van der Waals surface area (Å²) in [6.07, 6.45) is 5.93. The molecule has 0 radical (unpaired) electrons. The first-order chi connectivity index (χ1) is 13.6. The molecular formula is C20H29N5O3. The lowest BCUT2D eigenvalue weighted by atomic mass is 9.84. The molecule has 2 fully saturated rings. The molecule has 1 aromatic rings. The van der Waals surface area contributed by atoms with Gasteiger partial charge in [0.25, 0.3) is 0 Å². The van der Waals surface area contributed by atoms with Crippen molar-refractivity contribution in [3.63, 3.8) is 0 Å². The van der Waals surface area contributed by atoms with Gasteiger partial charge in [0.05, 0.1) is 24.5 Å². The van der Waals surface area contributed by atoms with E-state index in [1.54, 1.807) is 4.90 Å². The van der Waals surface area contributed by atoms with Crippen molar-refractivity contribution in [2.75, 3.05) is 19.6 Å². The lowest BCUT2D eigenvalue weighted by Crippen LogP contribution is -2.38. The summed E-state index contributed by atoms with van der Waals surface area (Å²) in [7, 11) is 0. The molecule has 0 aromatic carbocycles. The van der Waals surface area contributed by atoms with E-state index in [9.17, 15) is 14.4 Å². The van der Waals surface area contributed by atoms with Crippen LogP contribution in [-0.4, -0.2) is 56.9 Å². The molecule has 0 bridgehead atoms. The maximum Gasteiger partial charge on any atom is 0.226 e. The number of aryl methyl sites for hydroxylation is 1. The Morgan fingerprint density at radius 2 is 2.00 bits per heavy atom. The van der Waals surface area contributed by atoms with Crippen molar-refractivity contribution < 1.29 is 14.4 Å². The van der Waals surface area contributed by atoms with E-state index in [4.69, 9.17) is 0 Å². The standard InChI is InChI=1S/C20H29N5O3/c26-18(7-11-23-8-2-6-19(23)27)21-13-16-12-17-14-24(9-3-10-25(17)22-16)20(28)15-4-1-5-15/h12,15H,1-11,13-14H2,(H,21,26). The fourth-order valence-corrected chi connectivity index (χ4v) is 4.16. The fraction of sp³-hybridized carbons (Fsp3) is 0.700. The Kier molecular flexibility index (Phi) is 5.64. The molecule has 0 unspecified atom stereocenters. The molecule has 1 aromatic heterocycles. The molecule has 1 saturated heterocycles. The van der Waals surface area contributed by atoms with E-state index in [0.29, 0.717) is 32.5 Å². The van der Waals surface area contributed by atoms with Crippen LogP contribution in [0.2, 0.25) is 0 Å². The molecule has 0 spiro atoms. The third-order valence-corrected chi connectivity index (χ3v) is 6.08. The van der Waals surface area contributed by atoms with Crippen LogP contribution in [0.4, 0.5) is 0 Å². The first-order valence-electron chi connectivity index (χ1n) is 10.5. The minimum absolute atomic E-state index is 0.0651. The van der Waals surface area contributed by atoms with Gasteiger partial charge in [-0.25, -0.2) is 0 Å². The third kappa shape index (κ3) is 4.20. The Morgan fingerprint density at radius 3 is 2.71 bits per heavy atom. The number of fused-ring (bicyclic) bond motifs is 1. The van der Waals surface area contributed by atoms with Crippen LogP contribution in [0.1, 0.15) is 56.3 Å². The molecule has 4 rings (SSSR count). The number of hydrogen-bond acceptors (Lipinski definition) is 4. The van der Waals surface area contributed by atoms with Gasteiger partial charge in [0, 0.05) is 44.9 Å². The Morgan fingerprint density at radius 1 is 1.14 bits per heavy atom. The average Bonchev–Trinajstić information content (AvgIpc) is 3.16. The summed E-state index contributed by atoms with van der Waals surface area (Å²) in [5, 5.41) is 7.50. The molecule has 3 heterocycles. The van der Waals surface area contributed by atoms with Crippen LogP contribution in [0.25, 0.3) is 0 Å². The van der Waals surface area contributed by atoms with Crippen LogP contribution in [-0.2, 0) is 34.0 Å². The van der Waals surface area contributed by atoms with E-state index in [1.807, 2.05) is 15.6 Å². The van der Waals surface area contributed by atoms with Crippen molar-refractivity contribution in [3.05, 3.63) is 17.5 Å². The number of aromatic nitrogens is 2. The Hall–Kier alpha value is -2.38. The van der Waals surface area contributed by atoms with Crippen molar-refractivity contribution in [2.24, 2.45) is 5.92 Å². The second-order valence-corrected chi connectivity index (χ2v) is 8.10. The zero-order chi connectivity index (χ0) is 19.5. The van der Waals surface area contributed by atoms with Gasteiger partial charge in [0.15, 0.2) is 0 Å². The quantitative estimate of drug-likeness (QED) is 0.790. The average molecular weight is 387 g/mol. The van der Waals surface area contributed by atoms with Crippen LogP contribution in [0.3, 0.4) is 0 Å². The fourth-order valence-electron chi connectivity index (χ4n) is 4.16. The van der Waals surface area contributed by atoms with E-state index in [0.717, 1.165) is 63.1 Å². The van der Waals surface area contributed by atoms with Crippen LogP contribution >= 0.6 is 0 Å². The maximum atomic E-state index is 12.6. The largest absolute Gasteiger partial charge is 0.350 e. The smallest absolute Gasteiger partial charge is 0.226 e. The predicted octanol–water partition coefficient (Wildman–Crippen LogP) is 1.04. The number of nitrogens with zero attached hydrogens (tertiary/aromatic N) is 4. The summed E-state index contributed by atoms with van der Waals surface area (Å²) in [5.74, 6) is 0.583. The zero-order valence-corrected chi connectivity index (χ0v) is 16.4. The molecule has 152 valence electrons. The van der Waals surface area contributed by atoms with E-state index < -0.39 is 0 Å². The first-order valence-corrected chi connectivity index (χ1v) is 10.5. The van der Waals surface area contributed by atoms with Gasteiger partial charge in [0.2, 0.25) is 17.7 Å². The number of carbonyl (C=O) groups is 3. The number of amides is 3. The van der Waals surface area contributed by atoms with Gasteiger partial charge < -0.3 is 15.1 Å². The molecule has 3 aliphatic rings. The highest BCUT2D eigenvalue weighted by Gasteiger charge is 2.30. The first kappa shape index (κ1) is 19.0. The Labute approximate surface area is 165 Å². The summed E-state index contributed by atoms with van der Waals surface area (Å²) >= 11 is 0. The highest BCUT2D eigenvalue weighted by Crippen LogP contribution is 2.29. The predicted molar refractivity (Wildman–Crippen MR) is 102 cm³/mol. The zero-order valence-electron chi connectivity index (χ0n) is 16.4. The number of nitrogens with one attached hydrogen (secondary N) is 1. The van der Waals surface area contributed by atoms with Crippen LogP contribution in [0, 0.1) is 5.92 Å². The second kappa shape index (κ2) is 8.32. The maximum absolute atomic E-state index is 12.6. The van der Waals surface area contributed by atoms with Crippen LogP contribution < -0.4 is 5.32 Å². The molecule has 0 atom stereocenters. The van der Waals surface area contributed by atoms with E-state index in [-0.39, 0.29) is 23.6 Å². The number of carbonyl (C=O) groups excluding carboxylic acids is 3. The second-order valence-electron chi connectivity index (χ2n) is 8.10. The molecule has 28 heavy (non-hydrogen) atoms. The van der Waals surface area contributed by atoms with Gasteiger partial charge in [-0.2, -0.15) is 5.10 Å². The summed E-state index contributed by atoms with van der Waals surface area (Å²) in [4.78, 5) is 40.0. The topological polar surface area (TPSA) is 87.5 Å². The Balaban J connectivity index is 1.27. The van der Waals surface area contributed by atoms with E-state index in [1.165, 1.54) is 0 Å². The number of likely N-dealkylation sites (tertiary alicyclic amines) is 1. The summed E-state index contributed by atoms with van der Waals surface area (Å²) in [6, 6.07) is 2.00. The molecule has 8 nitrogen and oxygen atoms in total. The van der Waals surface area contributed by atoms with Crippen molar-refractivity contribution in [1.82, 2.24) is 24.9 Å². The van der Waals surface area contributed by atoms with Crippen molar-refractivity contribution in [2.45, 2.75) is 64.6 Å². The number of rotatable bonds is 6. The Bertz CT molecular complexity index is 755. The minimum Gasteiger partial charge on any atom is -0.350 e. The minimum atomic E-state index is -0.0651. The van der Waals surface area contributed by atoms with Gasteiger partial charge in [-0.3, -0.25) is 19.1 Å². The molecule has 1 N–H and O–H groups in total. The van der Waals surface area contributed by atoms with Gasteiger partial charge >= 0.3 is 0 Å². The molecular weight excluding hydrogens is 358 g/mol. The summed E-state index contributed by atoms with van der Waals surface area (Å²) in [5.41, 5.74) is 1.86. The SMILES string of the molecule is O=C(CCN1CCCC1=O)NCc1cc2n(n1)CCCN(C(=O)C1CCC1)C2. The van der Waals surface area contributed by atoms with Gasteiger partial charge in [-0.15, -0.1) is 0 Å². The van der Waals surface area contributed by atoms with Gasteiger partial charge in [0.1, 0.15) is 0 Å². The van der Waals surface area contributed by atoms with Gasteiger partial charge in [-0.05, 0) is 31.7 Å². The molecule has 8 heteroatoms. The normalized spacial score (nSPS) is 19.9. The summed E-state index contributed by atoms with van der Waals surface area (Å²) in [6.45, 7) is 3.82. The highest BCUT2D eigenvalue weighted by atomic mass is 16.2. The lowest BCUT2D eigenvalue weighted by molar-refractivity contribution is -0.138. The molecule has 2 aliphatic heterocycles. The van der Waals surface area contributed by atoms with Crippen LogP contribution in [0.5, 0.6) is 0 Å². The molecule has 3 amide bonds. The van der Waals surface area contributed by atoms with Crippen LogP contribution in [0.15, 0.2) is 6.07 Å². The summed E-state index contributed by atoms with van der Waals surface area (Å²) < 4.78 is 1.97. The molecule has 1 aliphatic carbocycles. The third-order valence-electron chi connectivity index (χ3n) is 6.08. The highest BCUT2D eigenvalue weighted by molar-refractivity contribution is 5.80. The van der Waals surface area contributed by atoms with Crippen molar-refractivity contribution in [3.8, 4) is 0 Å².